The van der Waals surface area contributed by atoms with E-state index in [9.17, 15) is 9.59 Å². The van der Waals surface area contributed by atoms with Gasteiger partial charge in [-0.1, -0.05) is 30.1 Å². The fourth-order valence-corrected chi connectivity index (χ4v) is 2.22. The quantitative estimate of drug-likeness (QED) is 0.461. The SMILES string of the molecule is CCC(=O)c1ccc(OC(=O)c2ccc(Cl)cc2Cl)cc1. The normalized spacial score (nSPS) is 10.2. The van der Waals surface area contributed by atoms with Gasteiger partial charge in [-0.2, -0.15) is 0 Å². The highest BCUT2D eigenvalue weighted by Crippen LogP contribution is 2.23. The molecule has 2 aromatic rings. The Kier molecular flexibility index (Phi) is 4.99. The second-order valence-corrected chi connectivity index (χ2v) is 5.16. The van der Waals surface area contributed by atoms with Gasteiger partial charge in [0.2, 0.25) is 0 Å². The number of halogens is 2. The minimum atomic E-state index is -0.578. The number of hydrogen-bond acceptors (Lipinski definition) is 3. The Bertz CT molecular complexity index is 678. The van der Waals surface area contributed by atoms with Crippen molar-refractivity contribution in [3.05, 3.63) is 63.6 Å². The summed E-state index contributed by atoms with van der Waals surface area (Å²) in [5, 5.41) is 0.671. The van der Waals surface area contributed by atoms with Crippen molar-refractivity contribution in [1.29, 1.82) is 0 Å². The van der Waals surface area contributed by atoms with Gasteiger partial charge in [-0.15, -0.1) is 0 Å². The number of ether oxygens (including phenoxy) is 1. The predicted molar refractivity (Wildman–Crippen MR) is 82.5 cm³/mol. The summed E-state index contributed by atoms with van der Waals surface area (Å²) in [6, 6.07) is 10.9. The maximum atomic E-state index is 12.0. The van der Waals surface area contributed by atoms with Gasteiger partial charge in [0.05, 0.1) is 10.6 Å². The third kappa shape index (κ3) is 3.84. The molecule has 5 heteroatoms. The zero-order valence-corrected chi connectivity index (χ0v) is 12.7. The van der Waals surface area contributed by atoms with E-state index in [2.05, 4.69) is 0 Å². The molecule has 0 N–H and O–H groups in total. The van der Waals surface area contributed by atoms with Gasteiger partial charge in [0, 0.05) is 17.0 Å². The van der Waals surface area contributed by atoms with Gasteiger partial charge in [-0.25, -0.2) is 4.79 Å². The number of esters is 1. The van der Waals surface area contributed by atoms with Crippen molar-refractivity contribution in [2.75, 3.05) is 0 Å². The summed E-state index contributed by atoms with van der Waals surface area (Å²) < 4.78 is 5.21. The maximum Gasteiger partial charge on any atom is 0.345 e. The van der Waals surface area contributed by atoms with Crippen molar-refractivity contribution in [2.45, 2.75) is 13.3 Å². The van der Waals surface area contributed by atoms with Crippen LogP contribution >= 0.6 is 23.2 Å². The highest BCUT2D eigenvalue weighted by atomic mass is 35.5. The summed E-state index contributed by atoms with van der Waals surface area (Å²) in [6.07, 6.45) is 0.430. The molecule has 3 nitrogen and oxygen atoms in total. The van der Waals surface area contributed by atoms with E-state index in [1.165, 1.54) is 12.1 Å². The van der Waals surface area contributed by atoms with Gasteiger partial charge in [-0.05, 0) is 42.5 Å². The molecule has 2 aromatic carbocycles. The lowest BCUT2D eigenvalue weighted by Crippen LogP contribution is -2.09. The molecule has 0 amide bonds. The Morgan fingerprint density at radius 2 is 1.71 bits per heavy atom. The molecule has 0 aliphatic rings. The average Bonchev–Trinajstić information content (AvgIpc) is 2.47. The minimum absolute atomic E-state index is 0.0358. The molecule has 0 aliphatic carbocycles. The van der Waals surface area contributed by atoms with Gasteiger partial charge in [0.25, 0.3) is 0 Å². The molecular formula is C16H12Cl2O3. The van der Waals surface area contributed by atoms with Gasteiger partial charge in [0.15, 0.2) is 5.78 Å². The number of rotatable bonds is 4. The molecular weight excluding hydrogens is 311 g/mol. The summed E-state index contributed by atoms with van der Waals surface area (Å²) >= 11 is 11.7. The first kappa shape index (κ1) is 15.5. The van der Waals surface area contributed by atoms with E-state index in [0.717, 1.165) is 0 Å². The first-order valence-electron chi connectivity index (χ1n) is 6.31. The average molecular weight is 323 g/mol. The number of carbonyl (C=O) groups excluding carboxylic acids is 2. The van der Waals surface area contributed by atoms with Crippen LogP contribution in [0, 0.1) is 0 Å². The molecule has 0 heterocycles. The molecule has 0 atom stereocenters. The Hall–Kier alpha value is -1.84. The van der Waals surface area contributed by atoms with Crippen LogP contribution in [-0.2, 0) is 0 Å². The largest absolute Gasteiger partial charge is 0.423 e. The van der Waals surface area contributed by atoms with Crippen LogP contribution in [0.2, 0.25) is 10.0 Å². The highest BCUT2D eigenvalue weighted by molar-refractivity contribution is 6.36. The van der Waals surface area contributed by atoms with Crippen molar-refractivity contribution < 1.29 is 14.3 Å². The molecule has 0 spiro atoms. The van der Waals surface area contributed by atoms with Gasteiger partial charge in [0.1, 0.15) is 5.75 Å². The standard InChI is InChI=1S/C16H12Cl2O3/c1-2-15(19)10-3-6-12(7-4-10)21-16(20)13-8-5-11(17)9-14(13)18/h3-9H,2H2,1H3. The zero-order chi connectivity index (χ0) is 15.4. The Balaban J connectivity index is 2.14. The van der Waals surface area contributed by atoms with Crippen LogP contribution in [0.15, 0.2) is 42.5 Å². The second kappa shape index (κ2) is 6.74. The smallest absolute Gasteiger partial charge is 0.345 e. The number of ketones is 1. The topological polar surface area (TPSA) is 43.4 Å². The van der Waals surface area contributed by atoms with Crippen molar-refractivity contribution >= 4 is 35.0 Å². The van der Waals surface area contributed by atoms with Crippen molar-refractivity contribution in [3.63, 3.8) is 0 Å². The summed E-state index contributed by atoms with van der Waals surface area (Å²) in [7, 11) is 0. The van der Waals surface area contributed by atoms with E-state index in [1.54, 1.807) is 37.3 Å². The van der Waals surface area contributed by atoms with Crippen LogP contribution in [-0.4, -0.2) is 11.8 Å². The van der Waals surface area contributed by atoms with E-state index in [-0.39, 0.29) is 16.4 Å². The van der Waals surface area contributed by atoms with Gasteiger partial charge in [-0.3, -0.25) is 4.79 Å². The van der Waals surface area contributed by atoms with Crippen LogP contribution in [0.3, 0.4) is 0 Å². The van der Waals surface area contributed by atoms with Crippen LogP contribution < -0.4 is 4.74 Å². The number of carbonyl (C=O) groups is 2. The Labute approximate surface area is 132 Å². The van der Waals surface area contributed by atoms with E-state index < -0.39 is 5.97 Å². The van der Waals surface area contributed by atoms with Gasteiger partial charge < -0.3 is 4.74 Å². The Morgan fingerprint density at radius 1 is 1.05 bits per heavy atom. The van der Waals surface area contributed by atoms with E-state index in [1.807, 2.05) is 0 Å². The predicted octanol–water partition coefficient (Wildman–Crippen LogP) is 4.81. The molecule has 0 saturated heterocycles. The van der Waals surface area contributed by atoms with Gasteiger partial charge >= 0.3 is 5.97 Å². The summed E-state index contributed by atoms with van der Waals surface area (Å²) in [6.45, 7) is 1.79. The summed E-state index contributed by atoms with van der Waals surface area (Å²) in [5.41, 5.74) is 0.816. The van der Waals surface area contributed by atoms with E-state index in [0.29, 0.717) is 22.8 Å². The first-order valence-corrected chi connectivity index (χ1v) is 7.07. The number of benzene rings is 2. The van der Waals surface area contributed by atoms with E-state index >= 15 is 0 Å². The monoisotopic (exact) mass is 322 g/mol. The van der Waals surface area contributed by atoms with Crippen molar-refractivity contribution in [3.8, 4) is 5.75 Å². The Morgan fingerprint density at radius 3 is 2.29 bits per heavy atom. The van der Waals surface area contributed by atoms with Crippen LogP contribution in [0.1, 0.15) is 34.1 Å². The second-order valence-electron chi connectivity index (χ2n) is 4.31. The third-order valence-corrected chi connectivity index (χ3v) is 3.41. The summed E-state index contributed by atoms with van der Waals surface area (Å²) in [5.74, 6) is -0.196. The van der Waals surface area contributed by atoms with Crippen molar-refractivity contribution in [1.82, 2.24) is 0 Å². The van der Waals surface area contributed by atoms with Crippen LogP contribution in [0.25, 0.3) is 0 Å². The highest BCUT2D eigenvalue weighted by Gasteiger charge is 2.13. The minimum Gasteiger partial charge on any atom is -0.423 e. The van der Waals surface area contributed by atoms with Crippen LogP contribution in [0.4, 0.5) is 0 Å². The van der Waals surface area contributed by atoms with Crippen LogP contribution in [0.5, 0.6) is 5.75 Å². The van der Waals surface area contributed by atoms with Crippen molar-refractivity contribution in [2.24, 2.45) is 0 Å². The lowest BCUT2D eigenvalue weighted by atomic mass is 10.1. The molecule has 0 bridgehead atoms. The molecule has 0 unspecified atom stereocenters. The summed E-state index contributed by atoms with van der Waals surface area (Å²) in [4.78, 5) is 23.5. The fourth-order valence-electron chi connectivity index (χ4n) is 1.73. The molecule has 0 radical (unpaired) electrons. The number of Topliss-reactive ketones (excluding diaryl/α,β-unsaturated/α-hetero) is 1. The zero-order valence-electron chi connectivity index (χ0n) is 11.2. The molecule has 0 saturated carbocycles. The molecule has 0 fully saturated rings. The maximum absolute atomic E-state index is 12.0. The molecule has 0 aromatic heterocycles. The number of hydrogen-bond donors (Lipinski definition) is 0. The fraction of sp³-hybridized carbons (Fsp3) is 0.125. The lowest BCUT2D eigenvalue weighted by Gasteiger charge is -2.06. The third-order valence-electron chi connectivity index (χ3n) is 2.86. The van der Waals surface area contributed by atoms with E-state index in [4.69, 9.17) is 27.9 Å². The molecule has 108 valence electrons. The molecule has 21 heavy (non-hydrogen) atoms. The molecule has 2 rings (SSSR count). The molecule has 0 aliphatic heterocycles. The first-order chi connectivity index (χ1) is 10.0. The lowest BCUT2D eigenvalue weighted by molar-refractivity contribution is 0.0735.